The monoisotopic (exact) mass is 461 g/mol. The molecule has 1 saturated heterocycles. The zero-order chi connectivity index (χ0) is 23.0. The van der Waals surface area contributed by atoms with Gasteiger partial charge in [0.05, 0.1) is 0 Å². The molecule has 0 aromatic heterocycles. The first-order valence-corrected chi connectivity index (χ1v) is 12.6. The lowest BCUT2D eigenvalue weighted by molar-refractivity contribution is 0.103. The zero-order valence-corrected chi connectivity index (χ0v) is 19.9. The fraction of sp³-hybridized carbons (Fsp3) is 0.321. The van der Waals surface area contributed by atoms with Crippen LogP contribution in [0.4, 0.5) is 0 Å². The number of ether oxygens (including phenoxy) is 1. The maximum atomic E-state index is 13.6. The molecule has 0 radical (unpaired) electrons. The van der Waals surface area contributed by atoms with Crippen molar-refractivity contribution < 1.29 is 14.6 Å². The van der Waals surface area contributed by atoms with Crippen LogP contribution in [-0.2, 0) is 0 Å². The average Bonchev–Trinajstić information content (AvgIpc) is 3.27. The minimum Gasteiger partial charge on any atom is -0.508 e. The fourth-order valence-corrected chi connectivity index (χ4v) is 5.41. The van der Waals surface area contributed by atoms with E-state index >= 15 is 0 Å². The van der Waals surface area contributed by atoms with E-state index in [-0.39, 0.29) is 11.5 Å². The molecule has 5 heteroatoms. The van der Waals surface area contributed by atoms with Gasteiger partial charge in [0, 0.05) is 28.3 Å². The first kappa shape index (κ1) is 23.4. The molecule has 1 N–H and O–H groups in total. The average molecular weight is 462 g/mol. The largest absolute Gasteiger partial charge is 0.508 e. The van der Waals surface area contributed by atoms with Crippen molar-refractivity contribution in [3.63, 3.8) is 0 Å². The van der Waals surface area contributed by atoms with Gasteiger partial charge >= 0.3 is 0 Å². The standard InChI is InChI=1S/C28H31NO3S/c1-2-3-7-23-20-33-28(22-8-12-24(30)13-9-22)26(23)27(31)21-10-14-25(15-11-21)32-19-18-29-16-5-4-6-17-29/h2-3,7-15,30H,4-6,16-20H2,1H3/b3-2-,23-7+. The van der Waals surface area contributed by atoms with Gasteiger partial charge in [0.1, 0.15) is 18.1 Å². The lowest BCUT2D eigenvalue weighted by Gasteiger charge is -2.26. The molecule has 2 aromatic carbocycles. The van der Waals surface area contributed by atoms with Crippen molar-refractivity contribution in [3.05, 3.63) is 89.0 Å². The minimum atomic E-state index is 0.0127. The highest BCUT2D eigenvalue weighted by molar-refractivity contribution is 8.09. The molecule has 0 amide bonds. The SMILES string of the molecule is C/C=C\C=C1/CSC(c2ccc(O)cc2)=C1C(=O)c1ccc(OCCN2CCCCC2)cc1. The van der Waals surface area contributed by atoms with E-state index in [1.54, 1.807) is 23.9 Å². The molecule has 33 heavy (non-hydrogen) atoms. The van der Waals surface area contributed by atoms with Crippen LogP contribution in [0.15, 0.2) is 77.9 Å². The van der Waals surface area contributed by atoms with Gasteiger partial charge in [-0.2, -0.15) is 0 Å². The number of likely N-dealkylation sites (tertiary alicyclic amines) is 1. The second-order valence-electron chi connectivity index (χ2n) is 8.36. The van der Waals surface area contributed by atoms with Crippen molar-refractivity contribution in [2.45, 2.75) is 26.2 Å². The Kier molecular flexibility index (Phi) is 8.08. The number of benzene rings is 2. The summed E-state index contributed by atoms with van der Waals surface area (Å²) in [5, 5.41) is 9.66. The summed E-state index contributed by atoms with van der Waals surface area (Å²) in [4.78, 5) is 17.0. The number of phenolic OH excluding ortho intramolecular Hbond substituents is 1. The molecule has 0 unspecified atom stereocenters. The smallest absolute Gasteiger partial charge is 0.194 e. The quantitative estimate of drug-likeness (QED) is 0.481. The number of carbonyl (C=O) groups is 1. The Morgan fingerprint density at radius 1 is 1.06 bits per heavy atom. The van der Waals surface area contributed by atoms with Gasteiger partial charge in [-0.05, 0) is 80.4 Å². The van der Waals surface area contributed by atoms with E-state index in [1.807, 2.05) is 61.5 Å². The normalized spacial score (nSPS) is 18.4. The highest BCUT2D eigenvalue weighted by atomic mass is 32.2. The maximum Gasteiger partial charge on any atom is 0.194 e. The van der Waals surface area contributed by atoms with Crippen molar-refractivity contribution in [2.24, 2.45) is 0 Å². The summed E-state index contributed by atoms with van der Waals surface area (Å²) in [5.74, 6) is 1.77. The van der Waals surface area contributed by atoms with Crippen molar-refractivity contribution >= 4 is 22.5 Å². The molecule has 4 nitrogen and oxygen atoms in total. The lowest BCUT2D eigenvalue weighted by Crippen LogP contribution is -2.33. The van der Waals surface area contributed by atoms with Crippen molar-refractivity contribution in [2.75, 3.05) is 32.0 Å². The summed E-state index contributed by atoms with van der Waals surface area (Å²) >= 11 is 1.66. The van der Waals surface area contributed by atoms with Gasteiger partial charge in [-0.3, -0.25) is 9.69 Å². The summed E-state index contributed by atoms with van der Waals surface area (Å²) in [6.07, 6.45) is 9.85. The van der Waals surface area contributed by atoms with Crippen LogP contribution in [0.3, 0.4) is 0 Å². The summed E-state index contributed by atoms with van der Waals surface area (Å²) in [7, 11) is 0. The highest BCUT2D eigenvalue weighted by Crippen LogP contribution is 2.44. The van der Waals surface area contributed by atoms with Gasteiger partial charge in [0.2, 0.25) is 0 Å². The Hall–Kier alpha value is -2.76. The topological polar surface area (TPSA) is 49.8 Å². The molecule has 0 aliphatic carbocycles. The van der Waals surface area contributed by atoms with Gasteiger partial charge in [0.25, 0.3) is 0 Å². The Bertz CT molecular complexity index is 1050. The Morgan fingerprint density at radius 3 is 2.48 bits per heavy atom. The maximum absolute atomic E-state index is 13.6. The number of aromatic hydroxyl groups is 1. The number of allylic oxidation sites excluding steroid dienone is 4. The van der Waals surface area contributed by atoms with E-state index in [0.29, 0.717) is 12.2 Å². The molecule has 0 atom stereocenters. The molecule has 2 aliphatic rings. The van der Waals surface area contributed by atoms with Gasteiger partial charge in [0.15, 0.2) is 5.78 Å². The van der Waals surface area contributed by atoms with E-state index in [2.05, 4.69) is 4.90 Å². The predicted octanol–water partition coefficient (Wildman–Crippen LogP) is 6.10. The number of hydrogen-bond acceptors (Lipinski definition) is 5. The third-order valence-electron chi connectivity index (χ3n) is 6.01. The number of thioether (sulfide) groups is 1. The van der Waals surface area contributed by atoms with Crippen molar-refractivity contribution in [3.8, 4) is 11.5 Å². The number of rotatable bonds is 8. The summed E-state index contributed by atoms with van der Waals surface area (Å²) in [6, 6.07) is 14.5. The summed E-state index contributed by atoms with van der Waals surface area (Å²) in [5.41, 5.74) is 3.36. The molecule has 0 spiro atoms. The third-order valence-corrected chi connectivity index (χ3v) is 7.19. The molecular weight excluding hydrogens is 430 g/mol. The molecule has 2 aromatic rings. The Morgan fingerprint density at radius 2 is 1.79 bits per heavy atom. The molecule has 0 saturated carbocycles. The number of Topliss-reactive ketones (excluding diaryl/α,β-unsaturated/α-hetero) is 1. The molecule has 1 fully saturated rings. The number of carbonyl (C=O) groups excluding carboxylic acids is 1. The summed E-state index contributed by atoms with van der Waals surface area (Å²) in [6.45, 7) is 5.90. The second kappa shape index (κ2) is 11.4. The number of nitrogens with zero attached hydrogens (tertiary/aromatic N) is 1. The zero-order valence-electron chi connectivity index (χ0n) is 19.1. The van der Waals surface area contributed by atoms with Gasteiger partial charge in [-0.25, -0.2) is 0 Å². The molecule has 2 heterocycles. The second-order valence-corrected chi connectivity index (χ2v) is 9.35. The lowest BCUT2D eigenvalue weighted by atomic mass is 9.95. The van der Waals surface area contributed by atoms with Crippen molar-refractivity contribution in [1.29, 1.82) is 0 Å². The fourth-order valence-electron chi connectivity index (χ4n) is 4.20. The first-order valence-electron chi connectivity index (χ1n) is 11.6. The molecule has 2 aliphatic heterocycles. The number of piperidine rings is 1. The van der Waals surface area contributed by atoms with Crippen LogP contribution in [0.1, 0.15) is 42.1 Å². The van der Waals surface area contributed by atoms with Crippen LogP contribution in [0.2, 0.25) is 0 Å². The minimum absolute atomic E-state index is 0.0127. The Balaban J connectivity index is 1.50. The van der Waals surface area contributed by atoms with Crippen LogP contribution in [0.25, 0.3) is 4.91 Å². The van der Waals surface area contributed by atoms with Gasteiger partial charge in [-0.15, -0.1) is 11.8 Å². The van der Waals surface area contributed by atoms with Crippen LogP contribution in [0.5, 0.6) is 11.5 Å². The van der Waals surface area contributed by atoms with E-state index in [4.69, 9.17) is 4.74 Å². The number of ketones is 1. The van der Waals surface area contributed by atoms with Crippen molar-refractivity contribution in [1.82, 2.24) is 4.90 Å². The van der Waals surface area contributed by atoms with Crippen LogP contribution >= 0.6 is 11.8 Å². The van der Waals surface area contributed by atoms with Gasteiger partial charge in [-0.1, -0.05) is 36.8 Å². The molecule has 0 bridgehead atoms. The number of hydrogen-bond donors (Lipinski definition) is 1. The first-order chi connectivity index (χ1) is 16.2. The van der Waals surface area contributed by atoms with Crippen LogP contribution in [0, 0.1) is 0 Å². The van der Waals surface area contributed by atoms with E-state index < -0.39 is 0 Å². The Labute approximate surface area is 200 Å². The summed E-state index contributed by atoms with van der Waals surface area (Å²) < 4.78 is 5.93. The number of phenols is 1. The van der Waals surface area contributed by atoms with E-state index in [0.717, 1.165) is 52.8 Å². The molecule has 172 valence electrons. The third kappa shape index (κ3) is 5.98. The van der Waals surface area contributed by atoms with E-state index in [9.17, 15) is 9.90 Å². The van der Waals surface area contributed by atoms with Crippen LogP contribution < -0.4 is 4.74 Å². The van der Waals surface area contributed by atoms with E-state index in [1.165, 1.54) is 19.3 Å². The predicted molar refractivity (Wildman–Crippen MR) is 137 cm³/mol. The van der Waals surface area contributed by atoms with Crippen LogP contribution in [-0.4, -0.2) is 47.8 Å². The highest BCUT2D eigenvalue weighted by Gasteiger charge is 2.27. The van der Waals surface area contributed by atoms with Gasteiger partial charge < -0.3 is 9.84 Å². The molecule has 4 rings (SSSR count). The molecular formula is C28H31NO3S.